The molecule has 0 radical (unpaired) electrons. The number of hydrogen-bond donors (Lipinski definition) is 3. The van der Waals surface area contributed by atoms with Gasteiger partial charge in [0, 0.05) is 18.3 Å². The number of aliphatic hydroxyl groups excluding tert-OH is 1. The minimum Gasteiger partial charge on any atom is -0.494 e. The van der Waals surface area contributed by atoms with Gasteiger partial charge in [-0.25, -0.2) is 4.79 Å². The number of nitrogens with one attached hydrogen (secondary N) is 1. The summed E-state index contributed by atoms with van der Waals surface area (Å²) in [6.45, 7) is -0.497. The smallest absolute Gasteiger partial charge is 0.379 e. The van der Waals surface area contributed by atoms with E-state index < -0.39 is 11.5 Å². The van der Waals surface area contributed by atoms with E-state index in [9.17, 15) is 9.59 Å². The van der Waals surface area contributed by atoms with Crippen LogP contribution in [0.4, 0.5) is 10.9 Å². The SMILES string of the molecule is COc1cccnc1-c1cc(C(=O)Nc2nnc(-n3nccc3N)s2)oc(=O)c1OCCO. The predicted molar refractivity (Wildman–Crippen MR) is 117 cm³/mol. The second-order valence-electron chi connectivity index (χ2n) is 6.28. The molecule has 0 saturated heterocycles. The summed E-state index contributed by atoms with van der Waals surface area (Å²) in [6.07, 6.45) is 2.99. The minimum absolute atomic E-state index is 0.130. The summed E-state index contributed by atoms with van der Waals surface area (Å²) < 4.78 is 17.2. The number of methoxy groups -OCH3 is 1. The van der Waals surface area contributed by atoms with Gasteiger partial charge in [-0.1, -0.05) is 11.3 Å². The summed E-state index contributed by atoms with van der Waals surface area (Å²) >= 11 is 1.01. The molecule has 4 N–H and O–H groups in total. The summed E-state index contributed by atoms with van der Waals surface area (Å²) in [7, 11) is 1.44. The highest BCUT2D eigenvalue weighted by atomic mass is 32.1. The Balaban J connectivity index is 1.69. The lowest BCUT2D eigenvalue weighted by Gasteiger charge is -2.12. The highest BCUT2D eigenvalue weighted by Crippen LogP contribution is 2.33. The fourth-order valence-corrected chi connectivity index (χ4v) is 3.51. The third-order valence-electron chi connectivity index (χ3n) is 4.20. The first kappa shape index (κ1) is 21.9. The van der Waals surface area contributed by atoms with Crippen molar-refractivity contribution >= 4 is 28.2 Å². The maximum Gasteiger partial charge on any atom is 0.379 e. The average Bonchev–Trinajstić information content (AvgIpc) is 3.46. The predicted octanol–water partition coefficient (Wildman–Crippen LogP) is 0.953. The van der Waals surface area contributed by atoms with Gasteiger partial charge in [-0.15, -0.1) is 10.2 Å². The van der Waals surface area contributed by atoms with E-state index in [1.165, 1.54) is 30.3 Å². The molecular formula is C19H17N7O6S. The van der Waals surface area contributed by atoms with Gasteiger partial charge in [-0.2, -0.15) is 9.78 Å². The number of ether oxygens (including phenoxy) is 2. The van der Waals surface area contributed by atoms with Gasteiger partial charge in [-0.05, 0) is 12.1 Å². The molecule has 4 heterocycles. The Morgan fingerprint density at radius 1 is 1.33 bits per heavy atom. The van der Waals surface area contributed by atoms with Gasteiger partial charge >= 0.3 is 5.63 Å². The molecule has 13 nitrogen and oxygen atoms in total. The second-order valence-corrected chi connectivity index (χ2v) is 7.24. The van der Waals surface area contributed by atoms with Crippen LogP contribution < -0.4 is 26.1 Å². The van der Waals surface area contributed by atoms with Crippen LogP contribution >= 0.6 is 11.3 Å². The molecule has 0 bridgehead atoms. The summed E-state index contributed by atoms with van der Waals surface area (Å²) in [5.74, 6) is -0.608. The number of nitrogen functional groups attached to an aromatic ring is 1. The fraction of sp³-hybridized carbons (Fsp3) is 0.158. The third kappa shape index (κ3) is 4.51. The normalized spacial score (nSPS) is 10.7. The maximum atomic E-state index is 12.8. The van der Waals surface area contributed by atoms with E-state index in [4.69, 9.17) is 24.7 Å². The third-order valence-corrected chi connectivity index (χ3v) is 5.02. The Kier molecular flexibility index (Phi) is 6.28. The van der Waals surface area contributed by atoms with Crippen molar-refractivity contribution in [2.75, 3.05) is 31.4 Å². The Morgan fingerprint density at radius 2 is 2.18 bits per heavy atom. The number of nitrogens with zero attached hydrogens (tertiary/aromatic N) is 5. The van der Waals surface area contributed by atoms with Crippen molar-refractivity contribution in [1.29, 1.82) is 0 Å². The van der Waals surface area contributed by atoms with Crippen molar-refractivity contribution in [1.82, 2.24) is 25.0 Å². The second kappa shape index (κ2) is 9.46. The van der Waals surface area contributed by atoms with Crippen LogP contribution in [0.15, 0.2) is 45.9 Å². The Hall–Kier alpha value is -4.30. The molecule has 14 heteroatoms. The van der Waals surface area contributed by atoms with E-state index in [1.54, 1.807) is 18.2 Å². The van der Waals surface area contributed by atoms with E-state index in [0.717, 1.165) is 11.3 Å². The Morgan fingerprint density at radius 3 is 2.91 bits per heavy atom. The van der Waals surface area contributed by atoms with Crippen molar-refractivity contribution in [2.24, 2.45) is 0 Å². The first-order valence-corrected chi connectivity index (χ1v) is 10.2. The summed E-state index contributed by atoms with van der Waals surface area (Å²) in [4.78, 5) is 29.7. The number of aromatic nitrogens is 5. The van der Waals surface area contributed by atoms with Crippen molar-refractivity contribution < 1.29 is 23.8 Å². The van der Waals surface area contributed by atoms with Crippen LogP contribution in [-0.2, 0) is 0 Å². The first-order chi connectivity index (χ1) is 16.0. The molecule has 0 atom stereocenters. The van der Waals surface area contributed by atoms with Crippen molar-refractivity contribution in [3.8, 4) is 27.9 Å². The standard InChI is InChI=1S/C19H17N7O6S/c1-30-11-3-2-5-21-14(11)10-9-12(32-17(29)15(10)31-8-7-27)16(28)23-18-24-25-19(33-18)26-13(20)4-6-22-26/h2-6,9,27H,7-8,20H2,1H3,(H,23,24,28). The summed E-state index contributed by atoms with van der Waals surface area (Å²) in [6, 6.07) is 6.16. The van der Waals surface area contributed by atoms with Crippen LogP contribution in [-0.4, -0.2) is 56.3 Å². The van der Waals surface area contributed by atoms with Crippen molar-refractivity contribution in [2.45, 2.75) is 0 Å². The van der Waals surface area contributed by atoms with E-state index in [0.29, 0.717) is 16.7 Å². The van der Waals surface area contributed by atoms with Gasteiger partial charge in [0.25, 0.3) is 5.91 Å². The molecule has 4 aromatic heterocycles. The number of pyridine rings is 1. The molecule has 4 aromatic rings. The number of anilines is 2. The number of carbonyl (C=O) groups excluding carboxylic acids is 1. The topological polar surface area (TPSA) is 181 Å². The zero-order valence-corrected chi connectivity index (χ0v) is 17.9. The Bertz CT molecular complexity index is 1350. The number of rotatable bonds is 8. The van der Waals surface area contributed by atoms with E-state index in [-0.39, 0.29) is 41.1 Å². The van der Waals surface area contributed by atoms with Crippen molar-refractivity contribution in [3.63, 3.8) is 0 Å². The molecule has 0 spiro atoms. The van der Waals surface area contributed by atoms with Crippen molar-refractivity contribution in [3.05, 3.63) is 52.8 Å². The van der Waals surface area contributed by atoms with Gasteiger partial charge in [0.1, 0.15) is 23.9 Å². The lowest BCUT2D eigenvalue weighted by atomic mass is 10.1. The van der Waals surface area contributed by atoms with Gasteiger partial charge < -0.3 is 24.7 Å². The molecule has 0 aliphatic rings. The molecule has 1 amide bonds. The average molecular weight is 471 g/mol. The number of hydrogen-bond acceptors (Lipinski definition) is 12. The number of aliphatic hydroxyl groups is 1. The van der Waals surface area contributed by atoms with Crippen LogP contribution in [0.1, 0.15) is 10.6 Å². The van der Waals surface area contributed by atoms with Gasteiger partial charge in [0.15, 0.2) is 5.76 Å². The first-order valence-electron chi connectivity index (χ1n) is 9.37. The number of amides is 1. The van der Waals surface area contributed by atoms with Crippen LogP contribution in [0.25, 0.3) is 16.4 Å². The molecule has 170 valence electrons. The zero-order valence-electron chi connectivity index (χ0n) is 17.1. The molecular weight excluding hydrogens is 454 g/mol. The lowest BCUT2D eigenvalue weighted by Crippen LogP contribution is -2.18. The molecule has 0 aromatic carbocycles. The molecule has 0 fully saturated rings. The van der Waals surface area contributed by atoms with Crippen LogP contribution in [0, 0.1) is 0 Å². The Labute approximate surface area is 189 Å². The molecule has 0 aliphatic carbocycles. The fourth-order valence-electron chi connectivity index (χ4n) is 2.80. The summed E-state index contributed by atoms with van der Waals surface area (Å²) in [5, 5.41) is 23.9. The van der Waals surface area contributed by atoms with Gasteiger partial charge in [0.05, 0.1) is 25.5 Å². The zero-order chi connectivity index (χ0) is 23.4. The monoisotopic (exact) mass is 471 g/mol. The van der Waals surface area contributed by atoms with Gasteiger partial charge in [-0.3, -0.25) is 15.1 Å². The quantitative estimate of drug-likeness (QED) is 0.333. The number of nitrogens with two attached hydrogens (primary N) is 1. The van der Waals surface area contributed by atoms with E-state index in [1.807, 2.05) is 0 Å². The number of carbonyl (C=O) groups is 1. The van der Waals surface area contributed by atoms with Crippen LogP contribution in [0.5, 0.6) is 11.5 Å². The molecule has 0 unspecified atom stereocenters. The van der Waals surface area contributed by atoms with Crippen LogP contribution in [0.3, 0.4) is 0 Å². The lowest BCUT2D eigenvalue weighted by molar-refractivity contribution is 0.0990. The van der Waals surface area contributed by atoms with Crippen LogP contribution in [0.2, 0.25) is 0 Å². The molecule has 4 rings (SSSR count). The van der Waals surface area contributed by atoms with E-state index in [2.05, 4.69) is 25.6 Å². The molecule has 0 aliphatic heterocycles. The minimum atomic E-state index is -0.930. The van der Waals surface area contributed by atoms with E-state index >= 15 is 0 Å². The highest BCUT2D eigenvalue weighted by Gasteiger charge is 2.23. The maximum absolute atomic E-state index is 12.8. The summed E-state index contributed by atoms with van der Waals surface area (Å²) in [5.41, 5.74) is 5.27. The molecule has 33 heavy (non-hydrogen) atoms. The largest absolute Gasteiger partial charge is 0.494 e. The highest BCUT2D eigenvalue weighted by molar-refractivity contribution is 7.17. The van der Waals surface area contributed by atoms with Gasteiger partial charge in [0.2, 0.25) is 16.0 Å². The molecule has 0 saturated carbocycles.